The van der Waals surface area contributed by atoms with Gasteiger partial charge in [0.05, 0.1) is 28.1 Å². The van der Waals surface area contributed by atoms with Crippen LogP contribution in [0.25, 0.3) is 11.0 Å². The monoisotopic (exact) mass is 375 g/mol. The summed E-state index contributed by atoms with van der Waals surface area (Å²) in [5, 5.41) is 2.98. The number of hydrogen-bond donors (Lipinski definition) is 1. The number of rotatable bonds is 2. The van der Waals surface area contributed by atoms with E-state index in [-0.39, 0.29) is 28.8 Å². The van der Waals surface area contributed by atoms with Crippen molar-refractivity contribution in [3.8, 4) is 5.75 Å². The number of hydrogen-bond acceptors (Lipinski definition) is 3. The molecule has 1 amide bonds. The molecule has 0 saturated heterocycles. The summed E-state index contributed by atoms with van der Waals surface area (Å²) in [5.74, 6) is 0.213. The molecule has 1 N–H and O–H groups in total. The minimum Gasteiger partial charge on any atom is -0.433 e. The number of fused-ring (bicyclic) bond motifs is 9. The van der Waals surface area contributed by atoms with Crippen molar-refractivity contribution >= 4 is 28.5 Å². The van der Waals surface area contributed by atoms with Gasteiger partial charge in [0.1, 0.15) is 5.82 Å². The first-order valence-corrected chi connectivity index (χ1v) is 8.47. The van der Waals surface area contributed by atoms with Crippen LogP contribution in [0, 0.1) is 0 Å². The summed E-state index contributed by atoms with van der Waals surface area (Å²) in [6, 6.07) is 9.85. The lowest BCUT2D eigenvalue weighted by molar-refractivity contribution is -0.0506. The number of imidazole rings is 1. The Labute approximate surface area is 151 Å². The maximum Gasteiger partial charge on any atom is 0.387 e. The zero-order chi connectivity index (χ0) is 18.0. The molecule has 5 rings (SSSR count). The summed E-state index contributed by atoms with van der Waals surface area (Å²) in [5.41, 5.74) is 2.33. The summed E-state index contributed by atoms with van der Waals surface area (Å²) in [4.78, 5) is 17.3. The van der Waals surface area contributed by atoms with Crippen LogP contribution in [0.15, 0.2) is 36.4 Å². The number of alkyl halides is 2. The van der Waals surface area contributed by atoms with E-state index in [0.29, 0.717) is 23.4 Å². The highest BCUT2D eigenvalue weighted by atomic mass is 35.5. The third kappa shape index (κ3) is 2.07. The Kier molecular flexibility index (Phi) is 3.24. The molecule has 0 fully saturated rings. The molecule has 0 unspecified atom stereocenters. The van der Waals surface area contributed by atoms with Gasteiger partial charge in [-0.1, -0.05) is 23.7 Å². The van der Waals surface area contributed by atoms with Crippen LogP contribution in [0.4, 0.5) is 8.78 Å². The topological polar surface area (TPSA) is 56.1 Å². The fraction of sp³-hybridized carbons (Fsp3) is 0.222. The lowest BCUT2D eigenvalue weighted by Gasteiger charge is -2.22. The number of amides is 1. The van der Waals surface area contributed by atoms with Crippen LogP contribution in [0.2, 0.25) is 5.02 Å². The predicted molar refractivity (Wildman–Crippen MR) is 90.8 cm³/mol. The number of halogens is 3. The van der Waals surface area contributed by atoms with Crippen LogP contribution < -0.4 is 10.1 Å². The van der Waals surface area contributed by atoms with Gasteiger partial charge in [-0.25, -0.2) is 4.98 Å². The lowest BCUT2D eigenvalue weighted by Crippen LogP contribution is -2.28. The summed E-state index contributed by atoms with van der Waals surface area (Å²) < 4.78 is 32.7. The predicted octanol–water partition coefficient (Wildman–Crippen LogP) is 4.07. The van der Waals surface area contributed by atoms with Crippen molar-refractivity contribution in [3.05, 3.63) is 58.4 Å². The SMILES string of the molecule is O=C1N[C@@H]2C[C@H](c3c1ccc(Cl)c3OC(F)F)n1c2nc2ccccc21. The van der Waals surface area contributed by atoms with E-state index in [9.17, 15) is 13.6 Å². The van der Waals surface area contributed by atoms with Gasteiger partial charge in [-0.05, 0) is 30.7 Å². The molecule has 0 spiro atoms. The highest BCUT2D eigenvalue weighted by Gasteiger charge is 2.42. The molecule has 2 atom stereocenters. The second-order valence-electron chi connectivity index (χ2n) is 6.32. The van der Waals surface area contributed by atoms with Gasteiger partial charge in [-0.2, -0.15) is 8.78 Å². The molecule has 1 aromatic heterocycles. The van der Waals surface area contributed by atoms with E-state index in [1.165, 1.54) is 6.07 Å². The van der Waals surface area contributed by atoms with E-state index in [4.69, 9.17) is 16.3 Å². The molecule has 0 radical (unpaired) electrons. The van der Waals surface area contributed by atoms with Gasteiger partial charge in [0.25, 0.3) is 5.91 Å². The Bertz CT molecular complexity index is 1070. The Morgan fingerprint density at radius 1 is 1.27 bits per heavy atom. The third-order valence-corrected chi connectivity index (χ3v) is 5.24. The highest BCUT2D eigenvalue weighted by Crippen LogP contribution is 2.49. The summed E-state index contributed by atoms with van der Waals surface area (Å²) in [6.07, 6.45) is 0.506. The zero-order valence-corrected chi connectivity index (χ0v) is 14.0. The van der Waals surface area contributed by atoms with E-state index in [1.807, 2.05) is 28.8 Å². The third-order valence-electron chi connectivity index (χ3n) is 4.94. The smallest absolute Gasteiger partial charge is 0.387 e. The minimum absolute atomic E-state index is 0.0492. The molecular formula is C18H12ClF2N3O2. The second kappa shape index (κ2) is 5.41. The van der Waals surface area contributed by atoms with Crippen LogP contribution in [-0.2, 0) is 0 Å². The Balaban J connectivity index is 1.82. The molecule has 26 heavy (non-hydrogen) atoms. The largest absolute Gasteiger partial charge is 0.433 e. The van der Waals surface area contributed by atoms with Gasteiger partial charge in [0.2, 0.25) is 0 Å². The minimum atomic E-state index is -3.04. The van der Waals surface area contributed by atoms with Gasteiger partial charge in [-0.3, -0.25) is 4.79 Å². The molecule has 2 aliphatic rings. The number of para-hydroxylation sites is 2. The first-order chi connectivity index (χ1) is 12.5. The first-order valence-electron chi connectivity index (χ1n) is 8.09. The molecule has 5 nitrogen and oxygen atoms in total. The molecule has 2 aliphatic heterocycles. The molecule has 2 bridgehead atoms. The van der Waals surface area contributed by atoms with Gasteiger partial charge < -0.3 is 14.6 Å². The zero-order valence-electron chi connectivity index (χ0n) is 13.2. The van der Waals surface area contributed by atoms with E-state index < -0.39 is 6.61 Å². The number of nitrogens with one attached hydrogen (secondary N) is 1. The van der Waals surface area contributed by atoms with Crippen LogP contribution in [0.3, 0.4) is 0 Å². The number of carbonyl (C=O) groups excluding carboxylic acids is 1. The van der Waals surface area contributed by atoms with Crippen LogP contribution >= 0.6 is 11.6 Å². The second-order valence-corrected chi connectivity index (χ2v) is 6.73. The van der Waals surface area contributed by atoms with E-state index >= 15 is 0 Å². The summed E-state index contributed by atoms with van der Waals surface area (Å²) in [6.45, 7) is -3.04. The number of carbonyl (C=O) groups is 1. The van der Waals surface area contributed by atoms with Crippen molar-refractivity contribution in [2.24, 2.45) is 0 Å². The van der Waals surface area contributed by atoms with Crippen molar-refractivity contribution in [1.29, 1.82) is 0 Å². The van der Waals surface area contributed by atoms with Crippen molar-refractivity contribution in [3.63, 3.8) is 0 Å². The summed E-state index contributed by atoms with van der Waals surface area (Å²) in [7, 11) is 0. The molecule has 0 saturated carbocycles. The molecule has 2 aromatic carbocycles. The van der Waals surface area contributed by atoms with Crippen molar-refractivity contribution < 1.29 is 18.3 Å². The number of ether oxygens (including phenoxy) is 1. The number of nitrogens with zero attached hydrogens (tertiary/aromatic N) is 2. The Morgan fingerprint density at radius 3 is 2.88 bits per heavy atom. The van der Waals surface area contributed by atoms with E-state index in [1.54, 1.807) is 6.07 Å². The van der Waals surface area contributed by atoms with Crippen molar-refractivity contribution in [1.82, 2.24) is 14.9 Å². The average molecular weight is 376 g/mol. The van der Waals surface area contributed by atoms with Crippen molar-refractivity contribution in [2.75, 3.05) is 0 Å². The fourth-order valence-electron chi connectivity index (χ4n) is 3.99. The van der Waals surface area contributed by atoms with E-state index in [0.717, 1.165) is 11.0 Å². The molecule has 0 aliphatic carbocycles. The maximum atomic E-state index is 13.0. The van der Waals surface area contributed by atoms with E-state index in [2.05, 4.69) is 10.3 Å². The van der Waals surface area contributed by atoms with Gasteiger partial charge in [0.15, 0.2) is 5.75 Å². The van der Waals surface area contributed by atoms with Gasteiger partial charge in [0, 0.05) is 11.1 Å². The Hall–Kier alpha value is -2.67. The van der Waals surface area contributed by atoms with Crippen LogP contribution in [0.1, 0.15) is 40.3 Å². The maximum absolute atomic E-state index is 13.0. The van der Waals surface area contributed by atoms with Crippen LogP contribution in [-0.4, -0.2) is 22.1 Å². The summed E-state index contributed by atoms with van der Waals surface area (Å²) >= 11 is 6.15. The quantitative estimate of drug-likeness (QED) is 0.734. The highest BCUT2D eigenvalue weighted by molar-refractivity contribution is 6.32. The number of benzene rings is 2. The number of aromatic nitrogens is 2. The van der Waals surface area contributed by atoms with Crippen LogP contribution in [0.5, 0.6) is 5.75 Å². The normalized spacial score (nSPS) is 20.7. The molecule has 3 heterocycles. The first kappa shape index (κ1) is 15.6. The lowest BCUT2D eigenvalue weighted by atomic mass is 9.97. The van der Waals surface area contributed by atoms with Crippen molar-refractivity contribution in [2.45, 2.75) is 25.1 Å². The average Bonchev–Trinajstić information content (AvgIpc) is 3.09. The standard InChI is InChI=1S/C18H12ClF2N3O2/c19-9-6-5-8-14(15(9)26-18(20)21)13-7-11(23-17(8)25)16-22-10-3-1-2-4-12(10)24(13)16/h1-6,11,13,18H,7H2,(H,23,25)/t11-,13-/m1/s1. The molecule has 132 valence electrons. The Morgan fingerprint density at radius 2 is 2.08 bits per heavy atom. The fourth-order valence-corrected chi connectivity index (χ4v) is 4.20. The molecule has 8 heteroatoms. The van der Waals surface area contributed by atoms with Gasteiger partial charge >= 0.3 is 6.61 Å². The van der Waals surface area contributed by atoms with Gasteiger partial charge in [-0.15, -0.1) is 0 Å². The molecule has 3 aromatic rings. The molecular weight excluding hydrogens is 364 g/mol.